The molecule has 0 aliphatic rings. The Morgan fingerprint density at radius 2 is 1.86 bits per heavy atom. The van der Waals surface area contributed by atoms with Crippen molar-refractivity contribution < 1.29 is 13.2 Å². The number of nitriles is 1. The molecule has 0 unspecified atom stereocenters. The molecule has 0 spiro atoms. The van der Waals surface area contributed by atoms with E-state index >= 15 is 0 Å². The number of rotatable bonds is 2. The van der Waals surface area contributed by atoms with Gasteiger partial charge in [-0.3, -0.25) is 0 Å². The Labute approximate surface area is 128 Å². The van der Waals surface area contributed by atoms with Crippen molar-refractivity contribution in [3.8, 4) is 6.07 Å². The van der Waals surface area contributed by atoms with Crippen molar-refractivity contribution in [2.45, 2.75) is 13.1 Å². The molecule has 2 aromatic carbocycles. The van der Waals surface area contributed by atoms with Crippen molar-refractivity contribution in [1.82, 2.24) is 0 Å². The number of alkyl halides is 3. The van der Waals surface area contributed by atoms with Gasteiger partial charge in [-0.05, 0) is 52.7 Å². The van der Waals surface area contributed by atoms with Crippen LogP contribution in [0.1, 0.15) is 16.7 Å². The fourth-order valence-electron chi connectivity index (χ4n) is 1.82. The van der Waals surface area contributed by atoms with Crippen molar-refractivity contribution in [3.05, 3.63) is 57.6 Å². The first kappa shape index (κ1) is 15.4. The number of hydrogen-bond acceptors (Lipinski definition) is 2. The van der Waals surface area contributed by atoms with Gasteiger partial charge in [0, 0.05) is 10.2 Å². The lowest BCUT2D eigenvalue weighted by Gasteiger charge is -2.14. The van der Waals surface area contributed by atoms with Crippen LogP contribution in [-0.2, 0) is 6.18 Å². The average Bonchev–Trinajstić information content (AvgIpc) is 2.40. The molecule has 0 aliphatic heterocycles. The van der Waals surface area contributed by atoms with Gasteiger partial charge in [-0.1, -0.05) is 12.1 Å². The topological polar surface area (TPSA) is 35.8 Å². The van der Waals surface area contributed by atoms with Crippen LogP contribution in [0.2, 0.25) is 0 Å². The van der Waals surface area contributed by atoms with Gasteiger partial charge in [0.25, 0.3) is 0 Å². The van der Waals surface area contributed by atoms with Crippen LogP contribution >= 0.6 is 15.9 Å². The Morgan fingerprint density at radius 3 is 2.48 bits per heavy atom. The molecule has 2 nitrogen and oxygen atoms in total. The number of aryl methyl sites for hydroxylation is 1. The predicted molar refractivity (Wildman–Crippen MR) is 78.3 cm³/mol. The molecule has 0 saturated carbocycles. The highest BCUT2D eigenvalue weighted by Crippen LogP contribution is 2.34. The van der Waals surface area contributed by atoms with E-state index in [0.717, 1.165) is 12.1 Å². The van der Waals surface area contributed by atoms with Crippen LogP contribution in [0.5, 0.6) is 0 Å². The summed E-state index contributed by atoms with van der Waals surface area (Å²) < 4.78 is 38.9. The van der Waals surface area contributed by atoms with E-state index in [-0.39, 0.29) is 0 Å². The van der Waals surface area contributed by atoms with Crippen molar-refractivity contribution in [1.29, 1.82) is 5.26 Å². The van der Waals surface area contributed by atoms with Crippen LogP contribution in [0.3, 0.4) is 0 Å². The first-order valence-electron chi connectivity index (χ1n) is 5.96. The van der Waals surface area contributed by atoms with E-state index in [1.54, 1.807) is 25.1 Å². The number of benzene rings is 2. The van der Waals surface area contributed by atoms with Crippen molar-refractivity contribution >= 4 is 27.3 Å². The molecule has 6 heteroatoms. The largest absolute Gasteiger partial charge is 0.416 e. The molecule has 108 valence electrons. The summed E-state index contributed by atoms with van der Waals surface area (Å²) in [5.74, 6) is 0. The fourth-order valence-corrected chi connectivity index (χ4v) is 2.27. The molecule has 0 saturated heterocycles. The molecule has 0 amide bonds. The maximum atomic E-state index is 12.8. The Morgan fingerprint density at radius 1 is 1.14 bits per heavy atom. The van der Waals surface area contributed by atoms with Crippen LogP contribution < -0.4 is 5.32 Å². The third-order valence-corrected chi connectivity index (χ3v) is 3.62. The van der Waals surface area contributed by atoms with Gasteiger partial charge in [0.15, 0.2) is 0 Å². The average molecular weight is 355 g/mol. The normalized spacial score (nSPS) is 11.0. The quantitative estimate of drug-likeness (QED) is 0.784. The molecular weight excluding hydrogens is 345 g/mol. The minimum absolute atomic E-state index is 0.319. The number of anilines is 2. The Kier molecular flexibility index (Phi) is 4.24. The lowest BCUT2D eigenvalue weighted by atomic mass is 10.1. The van der Waals surface area contributed by atoms with E-state index in [4.69, 9.17) is 5.26 Å². The van der Waals surface area contributed by atoms with Crippen molar-refractivity contribution in [3.63, 3.8) is 0 Å². The standard InChI is InChI=1S/C15H10BrF3N2/c1-9-5-6-10(15(17,18)19)7-14(9)21-13-4-2-3-12(16)11(13)8-20/h2-7,21H,1H3. The highest BCUT2D eigenvalue weighted by atomic mass is 79.9. The van der Waals surface area contributed by atoms with Crippen LogP contribution in [0.25, 0.3) is 0 Å². The molecular formula is C15H10BrF3N2. The van der Waals surface area contributed by atoms with Gasteiger partial charge in [0.2, 0.25) is 0 Å². The summed E-state index contributed by atoms with van der Waals surface area (Å²) in [5, 5.41) is 12.0. The summed E-state index contributed by atoms with van der Waals surface area (Å²) in [6, 6.07) is 10.5. The molecule has 0 bridgehead atoms. The van der Waals surface area contributed by atoms with Gasteiger partial charge in [0.05, 0.1) is 16.8 Å². The molecule has 0 fully saturated rings. The first-order chi connectivity index (χ1) is 9.82. The zero-order chi connectivity index (χ0) is 15.6. The predicted octanol–water partition coefficient (Wildman–Crippen LogP) is 5.39. The number of hydrogen-bond donors (Lipinski definition) is 1. The highest BCUT2D eigenvalue weighted by Gasteiger charge is 2.30. The van der Waals surface area contributed by atoms with Gasteiger partial charge in [-0.25, -0.2) is 0 Å². The monoisotopic (exact) mass is 354 g/mol. The van der Waals surface area contributed by atoms with Gasteiger partial charge in [-0.15, -0.1) is 0 Å². The van der Waals surface area contributed by atoms with Crippen LogP contribution in [0.4, 0.5) is 24.5 Å². The molecule has 0 radical (unpaired) electrons. The van der Waals surface area contributed by atoms with Crippen LogP contribution in [-0.4, -0.2) is 0 Å². The minimum Gasteiger partial charge on any atom is -0.354 e. The Bertz CT molecular complexity index is 718. The molecule has 2 aromatic rings. The summed E-state index contributed by atoms with van der Waals surface area (Å²) in [6.45, 7) is 1.70. The fraction of sp³-hybridized carbons (Fsp3) is 0.133. The summed E-state index contributed by atoms with van der Waals surface area (Å²) in [5.41, 5.74) is 1.04. The van der Waals surface area contributed by atoms with Crippen LogP contribution in [0, 0.1) is 18.3 Å². The highest BCUT2D eigenvalue weighted by molar-refractivity contribution is 9.10. The molecule has 1 N–H and O–H groups in total. The Hall–Kier alpha value is -2.00. The van der Waals surface area contributed by atoms with Crippen LogP contribution in [0.15, 0.2) is 40.9 Å². The third kappa shape index (κ3) is 3.37. The summed E-state index contributed by atoms with van der Waals surface area (Å²) >= 11 is 3.24. The summed E-state index contributed by atoms with van der Waals surface area (Å²) in [4.78, 5) is 0. The van der Waals surface area contributed by atoms with E-state index in [1.807, 2.05) is 6.07 Å². The minimum atomic E-state index is -4.40. The SMILES string of the molecule is Cc1ccc(C(F)(F)F)cc1Nc1cccc(Br)c1C#N. The van der Waals surface area contributed by atoms with Crippen molar-refractivity contribution in [2.24, 2.45) is 0 Å². The maximum absolute atomic E-state index is 12.8. The second kappa shape index (κ2) is 5.78. The maximum Gasteiger partial charge on any atom is 0.416 e. The second-order valence-corrected chi connectivity index (χ2v) is 5.28. The van der Waals surface area contributed by atoms with Gasteiger partial charge in [-0.2, -0.15) is 18.4 Å². The lowest BCUT2D eigenvalue weighted by molar-refractivity contribution is -0.137. The summed E-state index contributed by atoms with van der Waals surface area (Å²) in [7, 11) is 0. The second-order valence-electron chi connectivity index (χ2n) is 4.43. The van der Waals surface area contributed by atoms with Crippen molar-refractivity contribution in [2.75, 3.05) is 5.32 Å². The lowest BCUT2D eigenvalue weighted by Crippen LogP contribution is -2.06. The smallest absolute Gasteiger partial charge is 0.354 e. The molecule has 2 rings (SSSR count). The Balaban J connectivity index is 2.46. The van der Waals surface area contributed by atoms with Gasteiger partial charge < -0.3 is 5.32 Å². The number of nitrogens with one attached hydrogen (secondary N) is 1. The van der Waals surface area contributed by atoms with E-state index in [9.17, 15) is 13.2 Å². The molecule has 21 heavy (non-hydrogen) atoms. The number of halogens is 4. The molecule has 0 aromatic heterocycles. The first-order valence-corrected chi connectivity index (χ1v) is 6.75. The zero-order valence-corrected chi connectivity index (χ0v) is 12.5. The summed E-state index contributed by atoms with van der Waals surface area (Å²) in [6.07, 6.45) is -4.40. The number of nitrogens with zero attached hydrogens (tertiary/aromatic N) is 1. The zero-order valence-electron chi connectivity index (χ0n) is 10.9. The molecule has 0 atom stereocenters. The van der Waals surface area contributed by atoms with E-state index in [0.29, 0.717) is 27.0 Å². The van der Waals surface area contributed by atoms with E-state index in [1.165, 1.54) is 6.07 Å². The molecule has 0 heterocycles. The third-order valence-electron chi connectivity index (χ3n) is 2.96. The molecule has 0 aliphatic carbocycles. The van der Waals surface area contributed by atoms with Gasteiger partial charge in [0.1, 0.15) is 6.07 Å². The van der Waals surface area contributed by atoms with E-state index in [2.05, 4.69) is 21.2 Å². The van der Waals surface area contributed by atoms with E-state index < -0.39 is 11.7 Å². The van der Waals surface area contributed by atoms with Gasteiger partial charge >= 0.3 is 6.18 Å².